The van der Waals surface area contributed by atoms with Crippen molar-refractivity contribution in [3.8, 4) is 0 Å². The maximum atomic E-state index is 12.3. The molecule has 1 aliphatic heterocycles. The van der Waals surface area contributed by atoms with Gasteiger partial charge in [0.1, 0.15) is 0 Å². The van der Waals surface area contributed by atoms with Gasteiger partial charge in [0, 0.05) is 49.1 Å². The number of amides is 2. The normalized spacial score (nSPS) is 19.4. The Kier molecular flexibility index (Phi) is 12.4. The van der Waals surface area contributed by atoms with Crippen molar-refractivity contribution < 1.29 is 29.3 Å². The number of hydrogen-bond acceptors (Lipinski definition) is 7. The highest BCUT2D eigenvalue weighted by molar-refractivity contribution is 7.99. The molecule has 202 valence electrons. The van der Waals surface area contributed by atoms with Crippen LogP contribution in [0.5, 0.6) is 0 Å². The van der Waals surface area contributed by atoms with Crippen LogP contribution in [0.3, 0.4) is 0 Å². The summed E-state index contributed by atoms with van der Waals surface area (Å²) >= 11 is 1.65. The molecule has 2 aromatic carbocycles. The Morgan fingerprint density at radius 3 is 2.38 bits per heavy atom. The Labute approximate surface area is 223 Å². The molecule has 2 aromatic rings. The van der Waals surface area contributed by atoms with E-state index in [1.165, 1.54) is 6.92 Å². The van der Waals surface area contributed by atoms with Gasteiger partial charge in [-0.1, -0.05) is 42.8 Å². The van der Waals surface area contributed by atoms with Gasteiger partial charge in [0.15, 0.2) is 6.29 Å². The molecule has 1 aliphatic rings. The van der Waals surface area contributed by atoms with E-state index >= 15 is 0 Å². The first-order chi connectivity index (χ1) is 18.0. The molecular weight excluding hydrogens is 492 g/mol. The fraction of sp³-hybridized carbons (Fsp3) is 0.500. The molecule has 1 heterocycles. The Balaban J connectivity index is 1.56. The Morgan fingerprint density at radius 2 is 1.70 bits per heavy atom. The fourth-order valence-corrected chi connectivity index (χ4v) is 4.87. The summed E-state index contributed by atoms with van der Waals surface area (Å²) in [7, 11) is 0. The lowest BCUT2D eigenvalue weighted by Gasteiger charge is -2.36. The predicted molar refractivity (Wildman–Crippen MR) is 145 cm³/mol. The van der Waals surface area contributed by atoms with E-state index < -0.39 is 6.29 Å². The zero-order valence-electron chi connectivity index (χ0n) is 21.4. The molecule has 0 unspecified atom stereocenters. The quantitative estimate of drug-likeness (QED) is 0.272. The summed E-state index contributed by atoms with van der Waals surface area (Å²) in [6.07, 6.45) is 2.89. The first-order valence-corrected chi connectivity index (χ1v) is 14.0. The van der Waals surface area contributed by atoms with Crippen LogP contribution in [0, 0.1) is 0 Å². The number of nitrogens with one attached hydrogen (secondary N) is 2. The number of thioether (sulfide) groups is 1. The maximum absolute atomic E-state index is 12.3. The van der Waals surface area contributed by atoms with Gasteiger partial charge in [0.2, 0.25) is 11.8 Å². The number of ether oxygens (including phenoxy) is 2. The Hall–Kier alpha value is -2.43. The van der Waals surface area contributed by atoms with Crippen LogP contribution in [0.15, 0.2) is 48.5 Å². The zero-order chi connectivity index (χ0) is 26.5. The van der Waals surface area contributed by atoms with Crippen LogP contribution in [-0.2, 0) is 25.7 Å². The van der Waals surface area contributed by atoms with E-state index in [1.807, 2.05) is 48.5 Å². The van der Waals surface area contributed by atoms with E-state index in [0.717, 1.165) is 41.7 Å². The SMILES string of the molecule is CC(=O)NCCCCCC(=O)Nc1ccc([C@H]2O[C@@H](CSCCO)C[C@@H](c3ccc(CO)cc3)O2)cc1. The molecule has 4 N–H and O–H groups in total. The lowest BCUT2D eigenvalue weighted by Crippen LogP contribution is -2.31. The average molecular weight is 531 g/mol. The van der Waals surface area contributed by atoms with Gasteiger partial charge in [-0.05, 0) is 36.1 Å². The second kappa shape index (κ2) is 15.7. The molecule has 1 saturated heterocycles. The summed E-state index contributed by atoms with van der Waals surface area (Å²) in [5.41, 5.74) is 3.47. The summed E-state index contributed by atoms with van der Waals surface area (Å²) in [6.45, 7) is 2.27. The minimum absolute atomic E-state index is 0.000541. The van der Waals surface area contributed by atoms with E-state index in [9.17, 15) is 14.7 Å². The molecular formula is C28H38N2O6S. The molecule has 3 rings (SSSR count). The Bertz CT molecular complexity index is 970. The first kappa shape index (κ1) is 29.1. The number of rotatable bonds is 14. The van der Waals surface area contributed by atoms with Crippen molar-refractivity contribution in [2.75, 3.05) is 30.0 Å². The largest absolute Gasteiger partial charge is 0.396 e. The van der Waals surface area contributed by atoms with Gasteiger partial charge in [-0.2, -0.15) is 11.8 Å². The van der Waals surface area contributed by atoms with Crippen molar-refractivity contribution >= 4 is 29.3 Å². The maximum Gasteiger partial charge on any atom is 0.224 e. The minimum atomic E-state index is -0.552. The van der Waals surface area contributed by atoms with Gasteiger partial charge < -0.3 is 30.3 Å². The van der Waals surface area contributed by atoms with Gasteiger partial charge in [-0.25, -0.2) is 0 Å². The Morgan fingerprint density at radius 1 is 0.973 bits per heavy atom. The highest BCUT2D eigenvalue weighted by Gasteiger charge is 2.32. The fourth-order valence-electron chi connectivity index (χ4n) is 4.10. The highest BCUT2D eigenvalue weighted by atomic mass is 32.2. The van der Waals surface area contributed by atoms with Crippen LogP contribution in [0.25, 0.3) is 0 Å². The number of unbranched alkanes of at least 4 members (excludes halogenated alkanes) is 2. The zero-order valence-corrected chi connectivity index (χ0v) is 22.2. The van der Waals surface area contributed by atoms with Crippen molar-refractivity contribution in [3.63, 3.8) is 0 Å². The topological polar surface area (TPSA) is 117 Å². The number of aliphatic hydroxyl groups excluding tert-OH is 2. The molecule has 3 atom stereocenters. The van der Waals surface area contributed by atoms with E-state index in [4.69, 9.17) is 14.6 Å². The van der Waals surface area contributed by atoms with Crippen molar-refractivity contribution in [1.29, 1.82) is 0 Å². The van der Waals surface area contributed by atoms with Crippen molar-refractivity contribution in [3.05, 3.63) is 65.2 Å². The van der Waals surface area contributed by atoms with Gasteiger partial charge >= 0.3 is 0 Å². The minimum Gasteiger partial charge on any atom is -0.396 e. The van der Waals surface area contributed by atoms with E-state index in [0.29, 0.717) is 30.8 Å². The number of aliphatic hydroxyl groups is 2. The number of benzene rings is 2. The molecule has 0 aromatic heterocycles. The van der Waals surface area contributed by atoms with Crippen molar-refractivity contribution in [1.82, 2.24) is 5.32 Å². The number of carbonyl (C=O) groups excluding carboxylic acids is 2. The molecule has 8 nitrogen and oxygen atoms in total. The van der Waals surface area contributed by atoms with Crippen LogP contribution in [0.1, 0.15) is 68.1 Å². The molecule has 37 heavy (non-hydrogen) atoms. The molecule has 0 saturated carbocycles. The summed E-state index contributed by atoms with van der Waals surface area (Å²) in [6, 6.07) is 15.3. The molecule has 0 radical (unpaired) electrons. The monoisotopic (exact) mass is 530 g/mol. The number of anilines is 1. The van der Waals surface area contributed by atoms with Crippen molar-refractivity contribution in [2.45, 2.75) is 64.1 Å². The molecule has 0 aliphatic carbocycles. The summed E-state index contributed by atoms with van der Waals surface area (Å²) in [5, 5.41) is 24.2. The van der Waals surface area contributed by atoms with E-state index in [-0.39, 0.29) is 37.2 Å². The third-order valence-electron chi connectivity index (χ3n) is 6.08. The summed E-state index contributed by atoms with van der Waals surface area (Å²) in [4.78, 5) is 23.2. The van der Waals surface area contributed by atoms with Gasteiger partial charge in [0.25, 0.3) is 0 Å². The molecule has 0 spiro atoms. The molecule has 0 bridgehead atoms. The smallest absolute Gasteiger partial charge is 0.224 e. The average Bonchev–Trinajstić information content (AvgIpc) is 2.91. The second-order valence-corrected chi connectivity index (χ2v) is 10.3. The van der Waals surface area contributed by atoms with Crippen LogP contribution in [0.2, 0.25) is 0 Å². The molecule has 2 amide bonds. The third-order valence-corrected chi connectivity index (χ3v) is 7.15. The second-order valence-electron chi connectivity index (χ2n) is 9.11. The van der Waals surface area contributed by atoms with Gasteiger partial charge in [-0.3, -0.25) is 9.59 Å². The number of carbonyl (C=O) groups is 2. The highest BCUT2D eigenvalue weighted by Crippen LogP contribution is 2.39. The van der Waals surface area contributed by atoms with Crippen LogP contribution in [0.4, 0.5) is 5.69 Å². The van der Waals surface area contributed by atoms with Crippen LogP contribution in [-0.4, -0.2) is 52.8 Å². The lowest BCUT2D eigenvalue weighted by atomic mass is 10.0. The first-order valence-electron chi connectivity index (χ1n) is 12.8. The summed E-state index contributed by atoms with van der Waals surface area (Å²) < 4.78 is 12.6. The standard InChI is InChI=1S/C28H38N2O6S/c1-20(33)29-14-4-2-3-5-27(34)30-24-12-10-23(11-13-24)28-35-25(19-37-16-15-31)17-26(36-28)22-8-6-21(18-32)7-9-22/h6-13,25-26,28,31-32H,2-5,14-19H2,1H3,(H,29,33)(H,30,34)/t25-,26+,28+/m1/s1. The molecule has 9 heteroatoms. The van der Waals surface area contributed by atoms with Crippen molar-refractivity contribution in [2.24, 2.45) is 0 Å². The lowest BCUT2D eigenvalue weighted by molar-refractivity contribution is -0.245. The van der Waals surface area contributed by atoms with Crippen LogP contribution >= 0.6 is 11.8 Å². The van der Waals surface area contributed by atoms with E-state index in [1.54, 1.807) is 11.8 Å². The van der Waals surface area contributed by atoms with Gasteiger partial charge in [0.05, 0.1) is 25.4 Å². The summed E-state index contributed by atoms with van der Waals surface area (Å²) in [5.74, 6) is 1.34. The van der Waals surface area contributed by atoms with Crippen LogP contribution < -0.4 is 10.6 Å². The predicted octanol–water partition coefficient (Wildman–Crippen LogP) is 4.08. The van der Waals surface area contributed by atoms with Gasteiger partial charge in [-0.15, -0.1) is 0 Å². The third kappa shape index (κ3) is 10.1. The number of hydrogen-bond donors (Lipinski definition) is 4. The molecule has 1 fully saturated rings. The van der Waals surface area contributed by atoms with E-state index in [2.05, 4.69) is 10.6 Å².